The fourth-order valence-electron chi connectivity index (χ4n) is 2.12. The summed E-state index contributed by atoms with van der Waals surface area (Å²) in [6.07, 6.45) is 1.58. The van der Waals surface area contributed by atoms with Crippen LogP contribution in [0.25, 0.3) is 0 Å². The summed E-state index contributed by atoms with van der Waals surface area (Å²) in [5, 5.41) is 2.87. The minimum Gasteiger partial charge on any atom is -0.457 e. The summed E-state index contributed by atoms with van der Waals surface area (Å²) in [5.41, 5.74) is 6.73. The molecule has 0 spiro atoms. The molecule has 0 heterocycles. The minimum absolute atomic E-state index is 0. The zero-order valence-electron chi connectivity index (χ0n) is 13.2. The molecule has 0 aliphatic heterocycles. The van der Waals surface area contributed by atoms with Gasteiger partial charge in [-0.25, -0.2) is 0 Å². The molecule has 1 amide bonds. The zero-order valence-corrected chi connectivity index (χ0v) is 14.0. The molecule has 124 valence electrons. The van der Waals surface area contributed by atoms with Gasteiger partial charge >= 0.3 is 0 Å². The average Bonchev–Trinajstić information content (AvgIpc) is 2.55. The van der Waals surface area contributed by atoms with Gasteiger partial charge in [-0.3, -0.25) is 4.79 Å². The third-order valence-corrected chi connectivity index (χ3v) is 3.33. The number of rotatable bonds is 7. The first-order valence-corrected chi connectivity index (χ1v) is 7.54. The molecule has 1 atom stereocenters. The van der Waals surface area contributed by atoms with Crippen LogP contribution in [0.2, 0.25) is 0 Å². The zero-order chi connectivity index (χ0) is 15.8. The topological polar surface area (TPSA) is 64.4 Å². The van der Waals surface area contributed by atoms with Crippen molar-refractivity contribution < 1.29 is 9.53 Å². The standard InChI is InChI=1S/C18H22N2O2.ClH/c1-2-8-16(19)18(21)20-13-14-9-6-7-12-17(14)22-15-10-4-3-5-11-15;/h3-7,9-12,16H,2,8,13,19H2,1H3,(H,20,21);1H. The van der Waals surface area contributed by atoms with E-state index in [4.69, 9.17) is 10.5 Å². The second-order valence-electron chi connectivity index (χ2n) is 5.14. The van der Waals surface area contributed by atoms with Crippen LogP contribution < -0.4 is 15.8 Å². The molecule has 1 unspecified atom stereocenters. The van der Waals surface area contributed by atoms with Crippen molar-refractivity contribution in [3.63, 3.8) is 0 Å². The smallest absolute Gasteiger partial charge is 0.237 e. The molecule has 2 rings (SSSR count). The van der Waals surface area contributed by atoms with Crippen molar-refractivity contribution in [3.8, 4) is 11.5 Å². The molecular weight excluding hydrogens is 312 g/mol. The van der Waals surface area contributed by atoms with Crippen LogP contribution in [0.4, 0.5) is 0 Å². The summed E-state index contributed by atoms with van der Waals surface area (Å²) in [6.45, 7) is 2.41. The van der Waals surface area contributed by atoms with E-state index in [0.717, 1.165) is 23.5 Å². The Morgan fingerprint density at radius 1 is 1.13 bits per heavy atom. The monoisotopic (exact) mass is 334 g/mol. The lowest BCUT2D eigenvalue weighted by Gasteiger charge is -2.14. The largest absolute Gasteiger partial charge is 0.457 e. The van der Waals surface area contributed by atoms with E-state index in [9.17, 15) is 4.79 Å². The van der Waals surface area contributed by atoms with Crippen molar-refractivity contribution in [2.45, 2.75) is 32.4 Å². The van der Waals surface area contributed by atoms with Crippen molar-refractivity contribution in [2.24, 2.45) is 5.73 Å². The molecule has 0 aliphatic rings. The molecule has 0 aliphatic carbocycles. The Morgan fingerprint density at radius 2 is 1.78 bits per heavy atom. The first kappa shape index (κ1) is 19.0. The second-order valence-corrected chi connectivity index (χ2v) is 5.14. The molecule has 23 heavy (non-hydrogen) atoms. The number of benzene rings is 2. The molecule has 0 bridgehead atoms. The van der Waals surface area contributed by atoms with Crippen LogP contribution >= 0.6 is 12.4 Å². The quantitative estimate of drug-likeness (QED) is 0.812. The van der Waals surface area contributed by atoms with Gasteiger partial charge in [0, 0.05) is 12.1 Å². The lowest BCUT2D eigenvalue weighted by molar-refractivity contribution is -0.122. The first-order valence-electron chi connectivity index (χ1n) is 7.54. The summed E-state index contributed by atoms with van der Waals surface area (Å²) in [5.74, 6) is 1.37. The van der Waals surface area contributed by atoms with Gasteiger partial charge in [-0.2, -0.15) is 0 Å². The van der Waals surface area contributed by atoms with Crippen molar-refractivity contribution in [1.29, 1.82) is 0 Å². The number of amides is 1. The Labute approximate surface area is 143 Å². The highest BCUT2D eigenvalue weighted by molar-refractivity contribution is 5.85. The third-order valence-electron chi connectivity index (χ3n) is 3.33. The van der Waals surface area contributed by atoms with Crippen molar-refractivity contribution in [1.82, 2.24) is 5.32 Å². The van der Waals surface area contributed by atoms with E-state index in [1.54, 1.807) is 0 Å². The van der Waals surface area contributed by atoms with Crippen LogP contribution in [0.15, 0.2) is 54.6 Å². The highest BCUT2D eigenvalue weighted by Crippen LogP contribution is 2.24. The van der Waals surface area contributed by atoms with Crippen LogP contribution in [0, 0.1) is 0 Å². The fraction of sp³-hybridized carbons (Fsp3) is 0.278. The van der Waals surface area contributed by atoms with Crippen molar-refractivity contribution in [2.75, 3.05) is 0 Å². The minimum atomic E-state index is -0.452. The number of hydrogen-bond acceptors (Lipinski definition) is 3. The summed E-state index contributed by atoms with van der Waals surface area (Å²) in [6, 6.07) is 16.8. The summed E-state index contributed by atoms with van der Waals surface area (Å²) < 4.78 is 5.87. The molecular formula is C18H23ClN2O2. The maximum atomic E-state index is 11.9. The Balaban J connectivity index is 0.00000264. The van der Waals surface area contributed by atoms with Gasteiger partial charge in [0.15, 0.2) is 0 Å². The number of nitrogens with two attached hydrogens (primary N) is 1. The number of carbonyl (C=O) groups excluding carboxylic acids is 1. The molecule has 4 nitrogen and oxygen atoms in total. The van der Waals surface area contributed by atoms with Crippen LogP contribution in [-0.2, 0) is 11.3 Å². The third kappa shape index (κ3) is 5.93. The lowest BCUT2D eigenvalue weighted by atomic mass is 10.1. The number of hydrogen-bond donors (Lipinski definition) is 2. The molecule has 2 aromatic carbocycles. The van der Waals surface area contributed by atoms with Crippen molar-refractivity contribution >= 4 is 18.3 Å². The molecule has 5 heteroatoms. The molecule has 0 saturated carbocycles. The Kier molecular flexibility index (Phi) is 8.16. The van der Waals surface area contributed by atoms with Gasteiger partial charge in [0.05, 0.1) is 6.04 Å². The Bertz CT molecular complexity index is 605. The first-order chi connectivity index (χ1) is 10.7. The highest BCUT2D eigenvalue weighted by atomic mass is 35.5. The lowest BCUT2D eigenvalue weighted by Crippen LogP contribution is -2.40. The van der Waals surface area contributed by atoms with Gasteiger partial charge in [0.1, 0.15) is 11.5 Å². The maximum Gasteiger partial charge on any atom is 0.237 e. The number of para-hydroxylation sites is 2. The molecule has 0 saturated heterocycles. The Hall–Kier alpha value is -2.04. The summed E-state index contributed by atoms with van der Waals surface area (Å²) in [4.78, 5) is 11.9. The van der Waals surface area contributed by atoms with E-state index in [1.165, 1.54) is 0 Å². The second kappa shape index (κ2) is 9.87. The van der Waals surface area contributed by atoms with Crippen LogP contribution in [0.3, 0.4) is 0 Å². The van der Waals surface area contributed by atoms with Crippen LogP contribution in [-0.4, -0.2) is 11.9 Å². The van der Waals surface area contributed by atoms with Gasteiger partial charge in [0.25, 0.3) is 0 Å². The van der Waals surface area contributed by atoms with Crippen LogP contribution in [0.1, 0.15) is 25.3 Å². The molecule has 2 aromatic rings. The van der Waals surface area contributed by atoms with E-state index >= 15 is 0 Å². The van der Waals surface area contributed by atoms with Gasteiger partial charge in [-0.05, 0) is 24.6 Å². The van der Waals surface area contributed by atoms with Gasteiger partial charge in [-0.1, -0.05) is 49.7 Å². The van der Waals surface area contributed by atoms with Gasteiger partial charge < -0.3 is 15.8 Å². The molecule has 3 N–H and O–H groups in total. The average molecular weight is 335 g/mol. The number of halogens is 1. The van der Waals surface area contributed by atoms with Gasteiger partial charge in [0.2, 0.25) is 5.91 Å². The molecule has 0 aromatic heterocycles. The normalized spacial score (nSPS) is 11.2. The molecule has 0 radical (unpaired) electrons. The number of nitrogens with one attached hydrogen (secondary N) is 1. The number of carbonyl (C=O) groups is 1. The van der Waals surface area contributed by atoms with Gasteiger partial charge in [-0.15, -0.1) is 12.4 Å². The van der Waals surface area contributed by atoms with E-state index < -0.39 is 6.04 Å². The summed E-state index contributed by atoms with van der Waals surface area (Å²) >= 11 is 0. The predicted molar refractivity (Wildman–Crippen MR) is 94.9 cm³/mol. The van der Waals surface area contributed by atoms with E-state index in [-0.39, 0.29) is 18.3 Å². The highest BCUT2D eigenvalue weighted by Gasteiger charge is 2.12. The molecule has 0 fully saturated rings. The predicted octanol–water partition coefficient (Wildman–Crippen LogP) is 3.64. The van der Waals surface area contributed by atoms with E-state index in [1.807, 2.05) is 61.5 Å². The number of ether oxygens (including phenoxy) is 1. The maximum absolute atomic E-state index is 11.9. The Morgan fingerprint density at radius 3 is 2.48 bits per heavy atom. The van der Waals surface area contributed by atoms with E-state index in [2.05, 4.69) is 5.32 Å². The SMILES string of the molecule is CCCC(N)C(=O)NCc1ccccc1Oc1ccccc1.Cl. The van der Waals surface area contributed by atoms with Crippen molar-refractivity contribution in [3.05, 3.63) is 60.2 Å². The summed E-state index contributed by atoms with van der Waals surface area (Å²) in [7, 11) is 0. The fourth-order valence-corrected chi connectivity index (χ4v) is 2.12. The van der Waals surface area contributed by atoms with E-state index in [0.29, 0.717) is 13.0 Å². The van der Waals surface area contributed by atoms with Crippen LogP contribution in [0.5, 0.6) is 11.5 Å².